The highest BCUT2D eigenvalue weighted by molar-refractivity contribution is 5.85. The third kappa shape index (κ3) is 2.85. The maximum Gasteiger partial charge on any atom is 0.169 e. The smallest absolute Gasteiger partial charge is 0.169 e. The van der Waals surface area contributed by atoms with Crippen molar-refractivity contribution >= 4 is 22.7 Å². The van der Waals surface area contributed by atoms with Gasteiger partial charge < -0.3 is 14.0 Å². The molecule has 0 fully saturated rings. The Kier molecular flexibility index (Phi) is 4.17. The number of hydrogen-bond acceptors (Lipinski definition) is 4. The highest BCUT2D eigenvalue weighted by Gasteiger charge is 2.22. The molecule has 0 aliphatic carbocycles. The second-order valence-corrected chi connectivity index (χ2v) is 6.44. The van der Waals surface area contributed by atoms with Gasteiger partial charge in [0.2, 0.25) is 0 Å². The molecule has 2 aromatic carbocycles. The third-order valence-electron chi connectivity index (χ3n) is 4.77. The van der Waals surface area contributed by atoms with Crippen LogP contribution in [0.5, 0.6) is 11.5 Å². The Bertz CT molecular complexity index is 1130. The fraction of sp³-hybridized carbons (Fsp3) is 0.182. The number of aromatic nitrogens is 2. The van der Waals surface area contributed by atoms with Gasteiger partial charge in [0.25, 0.3) is 0 Å². The first-order valence-electron chi connectivity index (χ1n) is 8.71. The van der Waals surface area contributed by atoms with Crippen LogP contribution in [0, 0.1) is 11.3 Å². The molecule has 3 aromatic rings. The van der Waals surface area contributed by atoms with Crippen molar-refractivity contribution in [3.05, 3.63) is 65.5 Å². The van der Waals surface area contributed by atoms with Crippen LogP contribution in [0.25, 0.3) is 22.7 Å². The molecule has 1 atom stereocenters. The first-order valence-corrected chi connectivity index (χ1v) is 8.71. The lowest BCUT2D eigenvalue weighted by Gasteiger charge is -2.24. The molecule has 5 nitrogen and oxygen atoms in total. The lowest BCUT2D eigenvalue weighted by atomic mass is 10.00. The van der Waals surface area contributed by atoms with Crippen molar-refractivity contribution < 1.29 is 9.47 Å². The number of rotatable bonds is 3. The summed E-state index contributed by atoms with van der Waals surface area (Å²) in [4.78, 5) is 4.63. The molecule has 0 saturated heterocycles. The summed E-state index contributed by atoms with van der Waals surface area (Å²) in [5, 5.41) is 9.76. The van der Waals surface area contributed by atoms with E-state index in [0.29, 0.717) is 17.1 Å². The quantitative estimate of drug-likeness (QED) is 0.654. The first kappa shape index (κ1) is 16.9. The maximum atomic E-state index is 9.76. The Morgan fingerprint density at radius 1 is 1.26 bits per heavy atom. The van der Waals surface area contributed by atoms with E-state index < -0.39 is 0 Å². The van der Waals surface area contributed by atoms with Gasteiger partial charge in [-0.15, -0.1) is 0 Å². The summed E-state index contributed by atoms with van der Waals surface area (Å²) >= 11 is 0. The summed E-state index contributed by atoms with van der Waals surface area (Å²) in [6, 6.07) is 15.9. The molecule has 0 spiro atoms. The van der Waals surface area contributed by atoms with Gasteiger partial charge in [0.1, 0.15) is 12.2 Å². The first-order chi connectivity index (χ1) is 13.1. The van der Waals surface area contributed by atoms with Crippen LogP contribution >= 0.6 is 0 Å². The van der Waals surface area contributed by atoms with E-state index in [4.69, 9.17) is 9.47 Å². The predicted molar refractivity (Wildman–Crippen MR) is 105 cm³/mol. The second kappa shape index (κ2) is 6.65. The molecule has 0 amide bonds. The summed E-state index contributed by atoms with van der Waals surface area (Å²) < 4.78 is 13.4. The van der Waals surface area contributed by atoms with E-state index in [1.54, 1.807) is 7.11 Å². The lowest BCUT2D eigenvalue weighted by molar-refractivity contribution is 0.243. The van der Waals surface area contributed by atoms with Gasteiger partial charge in [-0.2, -0.15) is 5.26 Å². The average molecular weight is 357 g/mol. The standard InChI is InChI=1S/C22H19N3O2/c1-14-16(11-15-7-6-10-20(26-3)21(15)27-14)12-17(13-23)22-24-18-8-4-5-9-19(18)25(22)2/h4-12,14H,1-3H3/b17-12-. The van der Waals surface area contributed by atoms with Crippen LogP contribution in [0.3, 0.4) is 0 Å². The van der Waals surface area contributed by atoms with E-state index in [2.05, 4.69) is 11.1 Å². The van der Waals surface area contributed by atoms with Crippen LogP contribution in [0.15, 0.2) is 54.1 Å². The number of benzene rings is 2. The zero-order chi connectivity index (χ0) is 19.0. The minimum atomic E-state index is -0.202. The summed E-state index contributed by atoms with van der Waals surface area (Å²) in [7, 11) is 3.55. The third-order valence-corrected chi connectivity index (χ3v) is 4.77. The van der Waals surface area contributed by atoms with Crippen molar-refractivity contribution in [3.63, 3.8) is 0 Å². The van der Waals surface area contributed by atoms with Crippen molar-refractivity contribution in [2.75, 3.05) is 7.11 Å². The Labute approximate surface area is 157 Å². The number of nitriles is 1. The molecule has 5 heteroatoms. The number of ether oxygens (including phenoxy) is 2. The topological polar surface area (TPSA) is 60.1 Å². The summed E-state index contributed by atoms with van der Waals surface area (Å²) in [5.41, 5.74) is 4.21. The molecule has 1 unspecified atom stereocenters. The van der Waals surface area contributed by atoms with E-state index >= 15 is 0 Å². The molecule has 1 aromatic heterocycles. The van der Waals surface area contributed by atoms with Gasteiger partial charge in [0.15, 0.2) is 17.3 Å². The van der Waals surface area contributed by atoms with Gasteiger partial charge in [-0.25, -0.2) is 4.98 Å². The molecular weight excluding hydrogens is 338 g/mol. The van der Waals surface area contributed by atoms with Crippen LogP contribution in [0.1, 0.15) is 18.3 Å². The van der Waals surface area contributed by atoms with Gasteiger partial charge in [-0.3, -0.25) is 0 Å². The monoisotopic (exact) mass is 357 g/mol. The molecule has 27 heavy (non-hydrogen) atoms. The molecule has 0 saturated carbocycles. The number of methoxy groups -OCH3 is 1. The highest BCUT2D eigenvalue weighted by Crippen LogP contribution is 2.38. The summed E-state index contributed by atoms with van der Waals surface area (Å²) in [5.74, 6) is 2.07. The van der Waals surface area contributed by atoms with E-state index in [0.717, 1.165) is 27.9 Å². The van der Waals surface area contributed by atoms with Crippen LogP contribution in [0.4, 0.5) is 0 Å². The van der Waals surface area contributed by atoms with Gasteiger partial charge in [0, 0.05) is 12.6 Å². The van der Waals surface area contributed by atoms with E-state index in [9.17, 15) is 5.26 Å². The highest BCUT2D eigenvalue weighted by atomic mass is 16.5. The zero-order valence-corrected chi connectivity index (χ0v) is 15.4. The molecule has 2 heterocycles. The molecule has 1 aliphatic rings. The number of fused-ring (bicyclic) bond motifs is 2. The molecule has 0 bridgehead atoms. The number of hydrogen-bond donors (Lipinski definition) is 0. The summed E-state index contributed by atoms with van der Waals surface area (Å²) in [6.45, 7) is 1.96. The molecule has 134 valence electrons. The number of aryl methyl sites for hydroxylation is 1. The van der Waals surface area contributed by atoms with Crippen molar-refractivity contribution in [2.24, 2.45) is 7.05 Å². The van der Waals surface area contributed by atoms with Gasteiger partial charge in [-0.1, -0.05) is 24.3 Å². The SMILES string of the molecule is COc1cccc2c1OC(C)C(/C=C(/C#N)c1nc3ccccc3n1C)=C2. The van der Waals surface area contributed by atoms with Crippen molar-refractivity contribution in [2.45, 2.75) is 13.0 Å². The van der Waals surface area contributed by atoms with Crippen LogP contribution in [-0.4, -0.2) is 22.8 Å². The number of imidazole rings is 1. The van der Waals surface area contributed by atoms with Gasteiger partial charge >= 0.3 is 0 Å². The molecule has 4 rings (SSSR count). The van der Waals surface area contributed by atoms with Crippen molar-refractivity contribution in [1.82, 2.24) is 9.55 Å². The Morgan fingerprint density at radius 3 is 2.81 bits per heavy atom. The Balaban J connectivity index is 1.81. The Hall–Kier alpha value is -3.52. The minimum absolute atomic E-state index is 0.202. The molecular formula is C22H19N3O2. The lowest BCUT2D eigenvalue weighted by Crippen LogP contribution is -2.18. The van der Waals surface area contributed by atoms with Gasteiger partial charge in [-0.05, 0) is 42.8 Å². The van der Waals surface area contributed by atoms with Crippen molar-refractivity contribution in [1.29, 1.82) is 5.26 Å². The van der Waals surface area contributed by atoms with E-state index in [1.165, 1.54) is 0 Å². The predicted octanol–water partition coefficient (Wildman–Crippen LogP) is 4.35. The number of nitrogens with zero attached hydrogens (tertiary/aromatic N) is 3. The fourth-order valence-corrected chi connectivity index (χ4v) is 3.33. The normalized spacial score (nSPS) is 16.3. The van der Waals surface area contributed by atoms with Crippen LogP contribution in [0.2, 0.25) is 0 Å². The molecule has 0 N–H and O–H groups in total. The van der Waals surface area contributed by atoms with Gasteiger partial charge in [0.05, 0.1) is 23.7 Å². The Morgan fingerprint density at radius 2 is 2.07 bits per heavy atom. The van der Waals surface area contributed by atoms with Crippen LogP contribution in [-0.2, 0) is 7.05 Å². The van der Waals surface area contributed by atoms with Crippen molar-refractivity contribution in [3.8, 4) is 17.6 Å². The second-order valence-electron chi connectivity index (χ2n) is 6.44. The maximum absolute atomic E-state index is 9.76. The number of para-hydroxylation sites is 3. The summed E-state index contributed by atoms with van der Waals surface area (Å²) in [6.07, 6.45) is 3.69. The zero-order valence-electron chi connectivity index (χ0n) is 15.4. The van der Waals surface area contributed by atoms with E-state index in [1.807, 2.05) is 73.2 Å². The fourth-order valence-electron chi connectivity index (χ4n) is 3.33. The largest absolute Gasteiger partial charge is 0.493 e. The van der Waals surface area contributed by atoms with Crippen LogP contribution < -0.4 is 9.47 Å². The van der Waals surface area contributed by atoms with E-state index in [-0.39, 0.29) is 6.10 Å². The average Bonchev–Trinajstić information content (AvgIpc) is 3.02. The molecule has 1 aliphatic heterocycles. The number of allylic oxidation sites excluding steroid dienone is 1. The minimum Gasteiger partial charge on any atom is -0.493 e. The molecule has 0 radical (unpaired) electrons.